The monoisotopic (exact) mass is 549 g/mol. The van der Waals surface area contributed by atoms with Crippen molar-refractivity contribution in [2.75, 3.05) is 23.7 Å². The predicted molar refractivity (Wildman–Crippen MR) is 156 cm³/mol. The van der Waals surface area contributed by atoms with E-state index in [2.05, 4.69) is 18.7 Å². The van der Waals surface area contributed by atoms with Gasteiger partial charge in [0, 0.05) is 37.3 Å². The van der Waals surface area contributed by atoms with Gasteiger partial charge >= 0.3 is 0 Å². The molecule has 8 heteroatoms. The molecule has 1 aliphatic rings. The lowest BCUT2D eigenvalue weighted by Crippen LogP contribution is -2.35. The number of para-hydroxylation sites is 1. The van der Waals surface area contributed by atoms with E-state index < -0.39 is 10.1 Å². The molecule has 2 N–H and O–H groups in total. The van der Waals surface area contributed by atoms with E-state index in [0.29, 0.717) is 17.7 Å². The maximum atomic E-state index is 13.1. The number of pyridine rings is 1. The summed E-state index contributed by atoms with van der Waals surface area (Å²) in [7, 11) is -4.02. The van der Waals surface area contributed by atoms with Crippen molar-refractivity contribution < 1.29 is 27.4 Å². The Balaban J connectivity index is 1.58. The summed E-state index contributed by atoms with van der Waals surface area (Å²) in [5.74, 6) is -0.509. The molecule has 39 heavy (non-hydrogen) atoms. The van der Waals surface area contributed by atoms with Gasteiger partial charge in [-0.3, -0.25) is 9.35 Å². The summed E-state index contributed by atoms with van der Waals surface area (Å²) in [4.78, 5) is 15.5. The van der Waals surface area contributed by atoms with E-state index in [4.69, 9.17) is 4.55 Å². The van der Waals surface area contributed by atoms with Gasteiger partial charge in [-0.05, 0) is 48.2 Å². The zero-order valence-corrected chi connectivity index (χ0v) is 23.5. The van der Waals surface area contributed by atoms with Crippen LogP contribution < -0.4 is 9.47 Å². The van der Waals surface area contributed by atoms with E-state index in [1.165, 1.54) is 0 Å². The largest absolute Gasteiger partial charge is 0.506 e. The summed E-state index contributed by atoms with van der Waals surface area (Å²) in [5.41, 5.74) is 4.09. The number of aromatic nitrogens is 1. The van der Waals surface area contributed by atoms with Crippen LogP contribution in [-0.4, -0.2) is 42.7 Å². The number of aliphatic hydroxyl groups is 1. The summed E-state index contributed by atoms with van der Waals surface area (Å²) in [5, 5.41) is 11.7. The molecule has 0 saturated heterocycles. The first kappa shape index (κ1) is 28.5. The van der Waals surface area contributed by atoms with Crippen LogP contribution in [0.15, 0.2) is 72.1 Å². The average Bonchev–Trinajstić information content (AvgIpc) is 2.92. The quantitative estimate of drug-likeness (QED) is 0.160. The van der Waals surface area contributed by atoms with E-state index in [9.17, 15) is 18.3 Å². The fraction of sp³-hybridized carbons (Fsp3) is 0.355. The standard InChI is InChI=1S/C31H36N2O5S/c1-3-5-17-32(18-6-4-2)25-14-12-23(13-15-25)29-30(34)27(31(29)35)22-24-16-20-33(19-9-21-39(36,37)38)28-11-8-7-10-26(24)28/h7-8,10-16,20,22H,3-6,9,17-19,21H2,1-2H3,(H-,34,35,36,37,38)/p+1. The number of hydrogen-bond acceptors (Lipinski definition) is 5. The minimum Gasteiger partial charge on any atom is -0.506 e. The minimum atomic E-state index is -4.02. The number of carbonyl (C=O) groups excluding carboxylic acids is 1. The third-order valence-electron chi connectivity index (χ3n) is 7.11. The maximum Gasteiger partial charge on any atom is 0.265 e. The number of benzene rings is 2. The first-order valence-corrected chi connectivity index (χ1v) is 15.3. The smallest absolute Gasteiger partial charge is 0.265 e. The average molecular weight is 550 g/mol. The van der Waals surface area contributed by atoms with Gasteiger partial charge in [-0.15, -0.1) is 0 Å². The first-order chi connectivity index (χ1) is 18.7. The van der Waals surface area contributed by atoms with Gasteiger partial charge in [0.2, 0.25) is 11.3 Å². The summed E-state index contributed by atoms with van der Waals surface area (Å²) < 4.78 is 33.1. The van der Waals surface area contributed by atoms with E-state index in [0.717, 1.165) is 60.9 Å². The zero-order chi connectivity index (χ0) is 28.0. The fourth-order valence-corrected chi connectivity index (χ4v) is 5.43. The molecule has 0 amide bonds. The molecule has 7 nitrogen and oxygen atoms in total. The van der Waals surface area contributed by atoms with Crippen LogP contribution >= 0.6 is 0 Å². The van der Waals surface area contributed by atoms with Crippen molar-refractivity contribution in [2.24, 2.45) is 0 Å². The number of allylic oxidation sites excluding steroid dienone is 2. The number of nitrogens with zero attached hydrogens (tertiary/aromatic N) is 2. The summed E-state index contributed by atoms with van der Waals surface area (Å²) in [6.07, 6.45) is 8.33. The second-order valence-electron chi connectivity index (χ2n) is 9.97. The number of fused-ring (bicyclic) bond motifs is 1. The van der Waals surface area contributed by atoms with Crippen LogP contribution in [0.2, 0.25) is 0 Å². The Hall–Kier alpha value is -3.49. The Kier molecular flexibility index (Phi) is 9.20. The molecule has 206 valence electrons. The number of anilines is 1. The number of aliphatic hydroxyl groups excluding tert-OH is 1. The normalized spacial score (nSPS) is 14.7. The van der Waals surface area contributed by atoms with Crippen molar-refractivity contribution in [2.45, 2.75) is 52.5 Å². The van der Waals surface area contributed by atoms with Crippen molar-refractivity contribution in [1.29, 1.82) is 0 Å². The molecule has 0 radical (unpaired) electrons. The minimum absolute atomic E-state index is 0.00413. The summed E-state index contributed by atoms with van der Waals surface area (Å²) >= 11 is 0. The molecule has 4 rings (SSSR count). The lowest BCUT2D eigenvalue weighted by Gasteiger charge is -2.26. The third kappa shape index (κ3) is 6.75. The lowest BCUT2D eigenvalue weighted by atomic mass is 9.82. The fourth-order valence-electron chi connectivity index (χ4n) is 4.93. The van der Waals surface area contributed by atoms with Gasteiger partial charge in [0.1, 0.15) is 12.3 Å². The van der Waals surface area contributed by atoms with Crippen molar-refractivity contribution in [1.82, 2.24) is 0 Å². The molecule has 0 unspecified atom stereocenters. The van der Waals surface area contributed by atoms with Crippen LogP contribution in [0.1, 0.15) is 57.1 Å². The zero-order valence-electron chi connectivity index (χ0n) is 22.6. The lowest BCUT2D eigenvalue weighted by molar-refractivity contribution is -0.671. The highest BCUT2D eigenvalue weighted by Crippen LogP contribution is 2.38. The highest BCUT2D eigenvalue weighted by Gasteiger charge is 2.35. The topological polar surface area (TPSA) is 98.8 Å². The molecular formula is C31H37N2O5S+. The van der Waals surface area contributed by atoms with Crippen LogP contribution in [0.3, 0.4) is 0 Å². The molecule has 3 aromatic rings. The van der Waals surface area contributed by atoms with Crippen LogP contribution in [0.5, 0.6) is 0 Å². The van der Waals surface area contributed by atoms with Crippen LogP contribution in [0.4, 0.5) is 5.69 Å². The van der Waals surface area contributed by atoms with E-state index >= 15 is 0 Å². The number of Topliss-reactive ketones (excluding diaryl/α,β-unsaturated/α-hetero) is 1. The molecule has 2 aromatic carbocycles. The Bertz CT molecular complexity index is 1500. The second-order valence-corrected chi connectivity index (χ2v) is 11.5. The van der Waals surface area contributed by atoms with Crippen LogP contribution in [0, 0.1) is 0 Å². The third-order valence-corrected chi connectivity index (χ3v) is 7.91. The van der Waals surface area contributed by atoms with Gasteiger partial charge < -0.3 is 10.0 Å². The summed E-state index contributed by atoms with van der Waals surface area (Å²) in [6.45, 7) is 6.79. The van der Waals surface area contributed by atoms with Gasteiger partial charge in [0.25, 0.3) is 10.1 Å². The van der Waals surface area contributed by atoms with Crippen molar-refractivity contribution in [3.05, 3.63) is 83.3 Å². The molecule has 0 saturated carbocycles. The molecule has 0 atom stereocenters. The molecule has 1 aromatic heterocycles. The Morgan fingerprint density at radius 3 is 2.21 bits per heavy atom. The molecule has 0 aliphatic heterocycles. The van der Waals surface area contributed by atoms with Gasteiger partial charge in [-0.2, -0.15) is 13.0 Å². The van der Waals surface area contributed by atoms with E-state index in [1.54, 1.807) is 6.08 Å². The van der Waals surface area contributed by atoms with Crippen molar-refractivity contribution in [3.63, 3.8) is 0 Å². The van der Waals surface area contributed by atoms with Gasteiger partial charge in [-0.25, -0.2) is 0 Å². The number of unbranched alkanes of at least 4 members (excludes halogenated alkanes) is 2. The van der Waals surface area contributed by atoms with Crippen molar-refractivity contribution in [3.8, 4) is 0 Å². The molecule has 1 heterocycles. The number of ketones is 1. The Labute approximate surface area is 230 Å². The highest BCUT2D eigenvalue weighted by molar-refractivity contribution is 7.85. The number of carbonyl (C=O) groups is 1. The van der Waals surface area contributed by atoms with Crippen LogP contribution in [0.25, 0.3) is 22.6 Å². The van der Waals surface area contributed by atoms with Crippen molar-refractivity contribution >= 4 is 44.1 Å². The number of aryl methyl sites for hydroxylation is 1. The summed E-state index contributed by atoms with van der Waals surface area (Å²) in [6, 6.07) is 17.3. The maximum absolute atomic E-state index is 13.1. The van der Waals surface area contributed by atoms with Gasteiger partial charge in [0.15, 0.2) is 6.20 Å². The molecular weight excluding hydrogens is 512 g/mol. The number of rotatable bonds is 13. The highest BCUT2D eigenvalue weighted by atomic mass is 32.2. The SMILES string of the molecule is CCCCN(CCCC)c1ccc(C2=C(O)C(=Cc3cc[n+](CCCS(=O)(=O)O)c4ccccc34)C2=O)cc1. The van der Waals surface area contributed by atoms with Gasteiger partial charge in [-0.1, -0.05) is 51.0 Å². The second kappa shape index (κ2) is 12.6. The van der Waals surface area contributed by atoms with Gasteiger partial charge in [0.05, 0.1) is 22.3 Å². The molecule has 0 fully saturated rings. The number of hydrogen-bond donors (Lipinski definition) is 2. The molecule has 0 spiro atoms. The Morgan fingerprint density at radius 2 is 1.59 bits per heavy atom. The molecule has 0 bridgehead atoms. The Morgan fingerprint density at radius 1 is 0.923 bits per heavy atom. The first-order valence-electron chi connectivity index (χ1n) is 13.6. The predicted octanol–water partition coefficient (Wildman–Crippen LogP) is 5.75. The van der Waals surface area contributed by atoms with E-state index in [1.807, 2.05) is 65.4 Å². The molecule has 1 aliphatic carbocycles. The van der Waals surface area contributed by atoms with E-state index in [-0.39, 0.29) is 29.3 Å². The van der Waals surface area contributed by atoms with Crippen LogP contribution in [-0.2, 0) is 21.5 Å².